The average Bonchev–Trinajstić information content (AvgIpc) is 3.23. The third-order valence-electron chi connectivity index (χ3n) is 4.82. The van der Waals surface area contributed by atoms with Gasteiger partial charge in [0.1, 0.15) is 0 Å². The van der Waals surface area contributed by atoms with Gasteiger partial charge in [-0.25, -0.2) is 28.9 Å². The number of rotatable bonds is 6. The van der Waals surface area contributed by atoms with Crippen molar-refractivity contribution in [2.75, 3.05) is 0 Å². The molecule has 0 aliphatic rings. The monoisotopic (exact) mass is 502 g/mol. The fourth-order valence-corrected chi connectivity index (χ4v) is 3.38. The molecule has 4 aromatic rings. The van der Waals surface area contributed by atoms with Gasteiger partial charge in [-0.2, -0.15) is 4.57 Å². The molecule has 2 heterocycles. The predicted molar refractivity (Wildman–Crippen MR) is 124 cm³/mol. The number of halogens is 2. The van der Waals surface area contributed by atoms with Crippen LogP contribution < -0.4 is 27.5 Å². The molecule has 0 saturated heterocycles. The van der Waals surface area contributed by atoms with E-state index in [1.54, 1.807) is 38.1 Å². The predicted octanol–water partition coefficient (Wildman–Crippen LogP) is 1.87. The van der Waals surface area contributed by atoms with Crippen LogP contribution in [0.15, 0.2) is 66.3 Å². The Bertz CT molecular complexity index is 1630. The highest BCUT2D eigenvalue weighted by Crippen LogP contribution is 2.23. The first-order valence-corrected chi connectivity index (χ1v) is 10.8. The van der Waals surface area contributed by atoms with Crippen molar-refractivity contribution in [1.29, 1.82) is 0 Å². The molecule has 0 bridgehead atoms. The Hall–Kier alpha value is -4.19. The normalized spacial score (nSPS) is 11.9. The number of hydrogen-bond donors (Lipinski definition) is 1. The molecule has 11 nitrogen and oxygen atoms in total. The molecular weight excluding hydrogens is 483 g/mol. The van der Waals surface area contributed by atoms with Crippen molar-refractivity contribution in [1.82, 2.24) is 23.9 Å². The molecular formula is C22H20ClFN6O5. The fraction of sp³-hybridized carbons (Fsp3) is 0.227. The third kappa shape index (κ3) is 5.01. The van der Waals surface area contributed by atoms with Crippen molar-refractivity contribution >= 4 is 17.3 Å². The van der Waals surface area contributed by atoms with E-state index in [1.165, 1.54) is 19.2 Å². The molecule has 0 saturated carbocycles. The zero-order valence-corrected chi connectivity index (χ0v) is 19.6. The Labute approximate surface area is 201 Å². The van der Waals surface area contributed by atoms with E-state index in [9.17, 15) is 18.8 Å². The second-order valence-electron chi connectivity index (χ2n) is 7.76. The van der Waals surface area contributed by atoms with Crippen LogP contribution in [0.5, 0.6) is 5.75 Å². The van der Waals surface area contributed by atoms with Crippen LogP contribution in [0.3, 0.4) is 0 Å². The second kappa shape index (κ2) is 9.58. The largest absolute Gasteiger partial charge is 0.488 e. The number of ether oxygens (including phenoxy) is 1. The smallest absolute Gasteiger partial charge is 0.435 e. The van der Waals surface area contributed by atoms with Gasteiger partial charge in [-0.15, -0.1) is 5.10 Å². The maximum Gasteiger partial charge on any atom is 0.435 e. The molecule has 2 aromatic heterocycles. The van der Waals surface area contributed by atoms with Crippen LogP contribution in [0.1, 0.15) is 19.4 Å². The van der Waals surface area contributed by atoms with Gasteiger partial charge in [-0.3, -0.25) is 9.13 Å². The molecule has 1 N–H and O–H groups in total. The molecule has 0 unspecified atom stereocenters. The van der Waals surface area contributed by atoms with Gasteiger partial charge in [-0.05, 0) is 43.7 Å². The zero-order chi connectivity index (χ0) is 25.3. The van der Waals surface area contributed by atoms with Gasteiger partial charge in [-0.1, -0.05) is 23.7 Å². The van der Waals surface area contributed by atoms with Crippen LogP contribution in [0, 0.1) is 5.82 Å². The first kappa shape index (κ1) is 24.0. The van der Waals surface area contributed by atoms with Gasteiger partial charge in [0.15, 0.2) is 11.6 Å². The molecule has 0 radical (unpaired) electrons. The van der Waals surface area contributed by atoms with E-state index >= 15 is 0 Å². The minimum atomic E-state index is -0.939. The van der Waals surface area contributed by atoms with Gasteiger partial charge in [0.05, 0.1) is 18.3 Å². The standard InChI is InChI=1S/C22H20ClFN6O5/c1-12(2)34-17-9-8-15(10-16(17)24)25-18-28(3)21(32)30(19-26-27-20(31)35-19)22(33)29(18)11-13-4-6-14(23)7-5-13/h4-10,12H,11H2,1-3H3,(H,27,31). The molecule has 0 atom stereocenters. The summed E-state index contributed by atoms with van der Waals surface area (Å²) in [6.07, 6.45) is -0.232. The van der Waals surface area contributed by atoms with Crippen LogP contribution >= 0.6 is 11.6 Å². The third-order valence-corrected chi connectivity index (χ3v) is 5.07. The van der Waals surface area contributed by atoms with Gasteiger partial charge in [0.2, 0.25) is 5.62 Å². The summed E-state index contributed by atoms with van der Waals surface area (Å²) >= 11 is 5.96. The molecule has 0 aliphatic carbocycles. The van der Waals surface area contributed by atoms with Crippen LogP contribution in [-0.4, -0.2) is 30.0 Å². The molecule has 0 aliphatic heterocycles. The summed E-state index contributed by atoms with van der Waals surface area (Å²) in [5, 5.41) is 6.10. The molecule has 0 amide bonds. The maximum atomic E-state index is 14.6. The number of nitrogens with one attached hydrogen (secondary N) is 1. The molecule has 0 spiro atoms. The number of aromatic amines is 1. The quantitative estimate of drug-likeness (QED) is 0.428. The fourth-order valence-electron chi connectivity index (χ4n) is 3.26. The minimum Gasteiger partial charge on any atom is -0.488 e. The number of nitrogens with zero attached hydrogens (tertiary/aromatic N) is 5. The SMILES string of the molecule is CC(C)Oc1ccc(N=c2n(C)c(=O)n(-c3n[nH]c(=O)o3)c(=O)n2Cc2ccc(Cl)cc2)cc1F. The van der Waals surface area contributed by atoms with Gasteiger partial charge < -0.3 is 9.15 Å². The second-order valence-corrected chi connectivity index (χ2v) is 8.20. The van der Waals surface area contributed by atoms with Crippen LogP contribution in [0.4, 0.5) is 10.1 Å². The van der Waals surface area contributed by atoms with Crippen LogP contribution in [0.2, 0.25) is 5.02 Å². The number of hydrogen-bond acceptors (Lipinski definition) is 7. The van der Waals surface area contributed by atoms with Gasteiger partial charge in [0.25, 0.3) is 0 Å². The molecule has 13 heteroatoms. The van der Waals surface area contributed by atoms with Crippen molar-refractivity contribution < 1.29 is 13.5 Å². The highest BCUT2D eigenvalue weighted by Gasteiger charge is 2.18. The summed E-state index contributed by atoms with van der Waals surface area (Å²) in [6, 6.07) is 10.2. The Morgan fingerprint density at radius 2 is 1.86 bits per heavy atom. The lowest BCUT2D eigenvalue weighted by molar-refractivity contribution is 0.231. The highest BCUT2D eigenvalue weighted by molar-refractivity contribution is 6.30. The van der Waals surface area contributed by atoms with E-state index < -0.39 is 29.0 Å². The Morgan fingerprint density at radius 1 is 1.14 bits per heavy atom. The van der Waals surface area contributed by atoms with Gasteiger partial charge >= 0.3 is 23.2 Å². The van der Waals surface area contributed by atoms with E-state index in [0.29, 0.717) is 15.2 Å². The lowest BCUT2D eigenvalue weighted by atomic mass is 10.2. The van der Waals surface area contributed by atoms with E-state index in [-0.39, 0.29) is 29.7 Å². The lowest BCUT2D eigenvalue weighted by Crippen LogP contribution is -2.53. The van der Waals surface area contributed by atoms with Crippen molar-refractivity contribution in [2.24, 2.45) is 12.0 Å². The highest BCUT2D eigenvalue weighted by atomic mass is 35.5. The number of H-pyrrole nitrogens is 1. The Morgan fingerprint density at radius 3 is 2.46 bits per heavy atom. The summed E-state index contributed by atoms with van der Waals surface area (Å²) < 4.78 is 27.6. The Kier molecular flexibility index (Phi) is 6.56. The first-order valence-electron chi connectivity index (χ1n) is 10.4. The van der Waals surface area contributed by atoms with Crippen LogP contribution in [0.25, 0.3) is 6.01 Å². The molecule has 2 aromatic carbocycles. The average molecular weight is 503 g/mol. The topological polar surface area (TPSA) is 129 Å². The number of aromatic nitrogens is 5. The first-order chi connectivity index (χ1) is 16.6. The van der Waals surface area contributed by atoms with Crippen molar-refractivity contribution in [3.8, 4) is 11.8 Å². The molecule has 35 heavy (non-hydrogen) atoms. The van der Waals surface area contributed by atoms with E-state index in [4.69, 9.17) is 20.8 Å². The summed E-state index contributed by atoms with van der Waals surface area (Å²) in [6.45, 7) is 3.50. The molecule has 4 rings (SSSR count). The molecule has 182 valence electrons. The van der Waals surface area contributed by atoms with Gasteiger partial charge in [0, 0.05) is 18.1 Å². The summed E-state index contributed by atoms with van der Waals surface area (Å²) in [5.41, 5.74) is -1.04. The summed E-state index contributed by atoms with van der Waals surface area (Å²) in [5.74, 6) is -1.54. The zero-order valence-electron chi connectivity index (χ0n) is 18.9. The van der Waals surface area contributed by atoms with Crippen molar-refractivity contribution in [2.45, 2.75) is 26.5 Å². The lowest BCUT2D eigenvalue weighted by Gasteiger charge is -2.13. The van der Waals surface area contributed by atoms with Crippen LogP contribution in [-0.2, 0) is 13.6 Å². The summed E-state index contributed by atoms with van der Waals surface area (Å²) in [7, 11) is 1.37. The summed E-state index contributed by atoms with van der Waals surface area (Å²) in [4.78, 5) is 42.2. The molecule has 0 fully saturated rings. The van der Waals surface area contributed by atoms with E-state index in [1.807, 2.05) is 5.10 Å². The number of benzene rings is 2. The van der Waals surface area contributed by atoms with Crippen molar-refractivity contribution in [3.05, 3.63) is 96.0 Å². The van der Waals surface area contributed by atoms with E-state index in [0.717, 1.165) is 15.2 Å². The van der Waals surface area contributed by atoms with E-state index in [2.05, 4.69) is 10.1 Å². The van der Waals surface area contributed by atoms with Crippen molar-refractivity contribution in [3.63, 3.8) is 0 Å². The maximum absolute atomic E-state index is 14.6. The minimum absolute atomic E-state index is 0.0331. The Balaban J connectivity index is 1.96.